The van der Waals surface area contributed by atoms with Crippen LogP contribution < -0.4 is 6.15 Å². The molecule has 0 aliphatic heterocycles. The molecular weight excluding hydrogens is 122 g/mol. The predicted octanol–water partition coefficient (Wildman–Crippen LogP) is 2.95. The lowest BCUT2D eigenvalue weighted by atomic mass is 9.81. The lowest BCUT2D eigenvalue weighted by Gasteiger charge is -2.23. The van der Waals surface area contributed by atoms with Crippen LogP contribution in [0.25, 0.3) is 11.1 Å². The molecule has 0 amide bonds. The summed E-state index contributed by atoms with van der Waals surface area (Å²) in [5.74, 6) is 0.716. The minimum atomic E-state index is 0. The molecule has 0 unspecified atom stereocenters. The van der Waals surface area contributed by atoms with Gasteiger partial charge >= 0.3 is 0 Å². The lowest BCUT2D eigenvalue weighted by molar-refractivity contribution is 0.859. The van der Waals surface area contributed by atoms with Crippen molar-refractivity contribution < 1.29 is 0 Å². The minimum Gasteiger partial charge on any atom is -0.344 e. The molecule has 3 N–H and O–H groups in total. The zero-order valence-corrected chi connectivity index (χ0v) is 6.52. The van der Waals surface area contributed by atoms with Crippen LogP contribution in [0.1, 0.15) is 25.3 Å². The standard InChI is InChI=1S/C9H10.H3N/c1-6(2)9-5-7-3-4-8(7)9;/h3-6H,1-2H3;1H3. The molecule has 2 rings (SSSR count). The third-order valence-corrected chi connectivity index (χ3v) is 1.98. The molecule has 0 bridgehead atoms. The van der Waals surface area contributed by atoms with E-state index in [1.807, 2.05) is 0 Å². The quantitative estimate of drug-likeness (QED) is 0.641. The fourth-order valence-electron chi connectivity index (χ4n) is 1.30. The molecule has 0 saturated carbocycles. The fraction of sp³-hybridized carbons (Fsp3) is 0.333. The van der Waals surface area contributed by atoms with Crippen molar-refractivity contribution >= 4 is 0 Å². The molecule has 0 radical (unpaired) electrons. The van der Waals surface area contributed by atoms with Gasteiger partial charge in [0.25, 0.3) is 0 Å². The van der Waals surface area contributed by atoms with Crippen LogP contribution in [0.5, 0.6) is 0 Å². The van der Waals surface area contributed by atoms with Gasteiger partial charge in [-0.3, -0.25) is 0 Å². The van der Waals surface area contributed by atoms with Gasteiger partial charge in [0, 0.05) is 0 Å². The van der Waals surface area contributed by atoms with Gasteiger partial charge in [-0.15, -0.1) is 0 Å². The highest BCUT2D eigenvalue weighted by Crippen LogP contribution is 2.40. The molecule has 0 aromatic rings. The van der Waals surface area contributed by atoms with Gasteiger partial charge in [0.2, 0.25) is 0 Å². The summed E-state index contributed by atoms with van der Waals surface area (Å²) in [5, 5.41) is 0. The monoisotopic (exact) mass is 135 g/mol. The molecule has 1 heteroatoms. The Morgan fingerprint density at radius 1 is 1.20 bits per heavy atom. The van der Waals surface area contributed by atoms with Gasteiger partial charge in [0.05, 0.1) is 0 Å². The molecule has 2 aliphatic carbocycles. The van der Waals surface area contributed by atoms with Crippen LogP contribution in [-0.2, 0) is 0 Å². The van der Waals surface area contributed by atoms with E-state index < -0.39 is 0 Å². The van der Waals surface area contributed by atoms with Gasteiger partial charge in [0.15, 0.2) is 0 Å². The van der Waals surface area contributed by atoms with Crippen LogP contribution in [0.2, 0.25) is 0 Å². The molecule has 0 aromatic carbocycles. The minimum absolute atomic E-state index is 0. The van der Waals surface area contributed by atoms with E-state index in [1.54, 1.807) is 0 Å². The number of rotatable bonds is 1. The Labute approximate surface area is 61.7 Å². The average Bonchev–Trinajstić information content (AvgIpc) is 1.76. The second kappa shape index (κ2) is 2.10. The molecule has 0 atom stereocenters. The maximum absolute atomic E-state index is 2.28. The largest absolute Gasteiger partial charge is 0.344 e. The van der Waals surface area contributed by atoms with Crippen molar-refractivity contribution in [1.29, 1.82) is 0 Å². The highest BCUT2D eigenvalue weighted by molar-refractivity contribution is 5.81. The smallest absolute Gasteiger partial charge is 0.0149 e. The van der Waals surface area contributed by atoms with E-state index in [9.17, 15) is 0 Å². The lowest BCUT2D eigenvalue weighted by Crippen LogP contribution is -2.01. The molecule has 0 saturated heterocycles. The van der Waals surface area contributed by atoms with Crippen molar-refractivity contribution in [3.63, 3.8) is 0 Å². The number of fused-ring (bicyclic) bond motifs is 1. The Kier molecular flexibility index (Phi) is 1.53. The SMILES string of the molecule is CC(C)c1cc2ccc1-2.N. The van der Waals surface area contributed by atoms with Gasteiger partial charge in [-0.05, 0) is 22.6 Å². The molecular formula is C9H13N. The van der Waals surface area contributed by atoms with Crippen molar-refractivity contribution in [3.05, 3.63) is 23.8 Å². The summed E-state index contributed by atoms with van der Waals surface area (Å²) < 4.78 is 0. The summed E-state index contributed by atoms with van der Waals surface area (Å²) in [6.45, 7) is 4.48. The zero-order valence-electron chi connectivity index (χ0n) is 6.52. The van der Waals surface area contributed by atoms with Gasteiger partial charge in [-0.2, -0.15) is 0 Å². The Morgan fingerprint density at radius 2 is 1.90 bits per heavy atom. The van der Waals surface area contributed by atoms with Crippen LogP contribution in [0, 0.1) is 0 Å². The van der Waals surface area contributed by atoms with Gasteiger partial charge < -0.3 is 6.15 Å². The summed E-state index contributed by atoms with van der Waals surface area (Å²) in [6.07, 6.45) is 0. The summed E-state index contributed by atoms with van der Waals surface area (Å²) in [4.78, 5) is 0. The first-order valence-electron chi connectivity index (χ1n) is 3.43. The summed E-state index contributed by atoms with van der Waals surface area (Å²) in [7, 11) is 0. The topological polar surface area (TPSA) is 35.0 Å². The maximum Gasteiger partial charge on any atom is -0.0149 e. The number of hydrogen-bond acceptors (Lipinski definition) is 1. The van der Waals surface area contributed by atoms with Crippen LogP contribution in [0.4, 0.5) is 0 Å². The molecule has 54 valence electrons. The normalized spacial score (nSPS) is 11.1. The van der Waals surface area contributed by atoms with E-state index in [1.165, 1.54) is 16.7 Å². The third kappa shape index (κ3) is 0.673. The Morgan fingerprint density at radius 3 is 2.00 bits per heavy atom. The highest BCUT2D eigenvalue weighted by Gasteiger charge is 2.17. The van der Waals surface area contributed by atoms with E-state index >= 15 is 0 Å². The first-order valence-corrected chi connectivity index (χ1v) is 3.43. The molecule has 0 heterocycles. The Hall–Kier alpha value is -0.820. The molecule has 1 nitrogen and oxygen atoms in total. The molecule has 0 spiro atoms. The third-order valence-electron chi connectivity index (χ3n) is 1.98. The molecule has 0 fully saturated rings. The van der Waals surface area contributed by atoms with E-state index in [2.05, 4.69) is 32.0 Å². The van der Waals surface area contributed by atoms with Crippen molar-refractivity contribution in [2.24, 2.45) is 0 Å². The first kappa shape index (κ1) is 7.29. The summed E-state index contributed by atoms with van der Waals surface area (Å²) in [5.41, 5.74) is 4.50. The summed E-state index contributed by atoms with van der Waals surface area (Å²) >= 11 is 0. The maximum atomic E-state index is 2.28. The number of benzene rings is 1. The van der Waals surface area contributed by atoms with Gasteiger partial charge in [-0.25, -0.2) is 0 Å². The van der Waals surface area contributed by atoms with Crippen molar-refractivity contribution in [3.8, 4) is 11.1 Å². The Bertz CT molecular complexity index is 251. The van der Waals surface area contributed by atoms with Gasteiger partial charge in [-0.1, -0.05) is 32.0 Å². The molecule has 2 aliphatic rings. The van der Waals surface area contributed by atoms with Crippen LogP contribution in [0.3, 0.4) is 0 Å². The Balaban J connectivity index is 0.000000500. The fourth-order valence-corrected chi connectivity index (χ4v) is 1.30. The average molecular weight is 135 g/mol. The van der Waals surface area contributed by atoms with Crippen molar-refractivity contribution in [2.75, 3.05) is 0 Å². The summed E-state index contributed by atoms with van der Waals surface area (Å²) in [6, 6.07) is 6.64. The van der Waals surface area contributed by atoms with Crippen LogP contribution in [0.15, 0.2) is 18.2 Å². The van der Waals surface area contributed by atoms with E-state index in [4.69, 9.17) is 0 Å². The van der Waals surface area contributed by atoms with Crippen molar-refractivity contribution in [1.82, 2.24) is 6.15 Å². The predicted molar refractivity (Wildman–Crippen MR) is 44.5 cm³/mol. The van der Waals surface area contributed by atoms with Gasteiger partial charge in [0.1, 0.15) is 0 Å². The first-order chi connectivity index (χ1) is 4.29. The van der Waals surface area contributed by atoms with E-state index in [-0.39, 0.29) is 6.15 Å². The number of hydrogen-bond donors (Lipinski definition) is 1. The van der Waals surface area contributed by atoms with Crippen LogP contribution in [-0.4, -0.2) is 0 Å². The second-order valence-electron chi connectivity index (χ2n) is 2.96. The highest BCUT2D eigenvalue weighted by atomic mass is 14.2. The van der Waals surface area contributed by atoms with Crippen molar-refractivity contribution in [2.45, 2.75) is 19.8 Å². The second-order valence-corrected chi connectivity index (χ2v) is 2.96. The van der Waals surface area contributed by atoms with E-state index in [0.29, 0.717) is 5.92 Å². The van der Waals surface area contributed by atoms with E-state index in [0.717, 1.165) is 0 Å². The molecule has 0 aromatic heterocycles. The molecule has 10 heavy (non-hydrogen) atoms. The van der Waals surface area contributed by atoms with Crippen LogP contribution >= 0.6 is 0 Å². The zero-order chi connectivity index (χ0) is 6.43.